The van der Waals surface area contributed by atoms with E-state index in [-0.39, 0.29) is 30.0 Å². The Hall–Kier alpha value is -2.71. The molecule has 0 aliphatic heterocycles. The second-order valence-corrected chi connectivity index (χ2v) is 6.36. The summed E-state index contributed by atoms with van der Waals surface area (Å²) in [6.07, 6.45) is 8.10. The average molecular weight is 347 g/mol. The monoisotopic (exact) mass is 347 g/mol. The number of nitrogens with zero attached hydrogens (tertiary/aromatic N) is 4. The normalized spacial score (nSPS) is 15.7. The number of rotatable bonds is 5. The van der Waals surface area contributed by atoms with Crippen LogP contribution in [0.4, 0.5) is 5.82 Å². The minimum absolute atomic E-state index is 0.158. The minimum Gasteiger partial charge on any atom is -0.361 e. The average Bonchev–Trinajstić information content (AvgIpc) is 3.10. The van der Waals surface area contributed by atoms with Crippen molar-refractivity contribution in [2.75, 3.05) is 0 Å². The topological polar surface area (TPSA) is 116 Å². The summed E-state index contributed by atoms with van der Waals surface area (Å²) in [6, 6.07) is 1.47. The molecule has 2 aromatic heterocycles. The molecular formula is C16H21N5O4. The molecule has 1 aliphatic rings. The number of nitro groups is 1. The lowest BCUT2D eigenvalue weighted by atomic mass is 10.1. The molecule has 1 aliphatic carbocycles. The number of hydrogen-bond donors (Lipinski definition) is 1. The molecule has 0 saturated heterocycles. The Labute approximate surface area is 144 Å². The van der Waals surface area contributed by atoms with Crippen molar-refractivity contribution >= 4 is 11.7 Å². The van der Waals surface area contributed by atoms with E-state index in [0.29, 0.717) is 11.3 Å². The lowest BCUT2D eigenvalue weighted by Gasteiger charge is -2.15. The first-order valence-electron chi connectivity index (χ1n) is 8.48. The molecule has 0 unspecified atom stereocenters. The van der Waals surface area contributed by atoms with Gasteiger partial charge < -0.3 is 20.0 Å². The van der Waals surface area contributed by atoms with Crippen LogP contribution in [0.15, 0.2) is 16.8 Å². The molecule has 0 spiro atoms. The zero-order chi connectivity index (χ0) is 17.8. The maximum atomic E-state index is 12.6. The highest BCUT2D eigenvalue weighted by atomic mass is 16.6. The van der Waals surface area contributed by atoms with Crippen molar-refractivity contribution in [2.24, 2.45) is 0 Å². The van der Waals surface area contributed by atoms with Gasteiger partial charge in [-0.25, -0.2) is 0 Å². The minimum atomic E-state index is -0.559. The number of carbonyl (C=O) groups is 1. The molecular weight excluding hydrogens is 326 g/mol. The Bertz CT molecular complexity index is 758. The van der Waals surface area contributed by atoms with Crippen LogP contribution in [-0.4, -0.2) is 31.8 Å². The van der Waals surface area contributed by atoms with Gasteiger partial charge in [-0.05, 0) is 24.7 Å². The largest absolute Gasteiger partial charge is 0.389 e. The Kier molecular flexibility index (Phi) is 5.11. The van der Waals surface area contributed by atoms with Crippen molar-refractivity contribution in [3.8, 4) is 0 Å². The van der Waals surface area contributed by atoms with Crippen LogP contribution in [0.3, 0.4) is 0 Å². The van der Waals surface area contributed by atoms with Crippen LogP contribution < -0.4 is 5.32 Å². The van der Waals surface area contributed by atoms with Gasteiger partial charge in [0.15, 0.2) is 5.69 Å². The molecule has 1 amide bonds. The predicted octanol–water partition coefficient (Wildman–Crippen LogP) is 2.59. The Morgan fingerprint density at radius 1 is 1.40 bits per heavy atom. The molecule has 0 aromatic carbocycles. The van der Waals surface area contributed by atoms with Gasteiger partial charge in [-0.1, -0.05) is 30.8 Å². The van der Waals surface area contributed by atoms with Crippen LogP contribution in [0, 0.1) is 17.0 Å². The fourth-order valence-corrected chi connectivity index (χ4v) is 3.13. The van der Waals surface area contributed by atoms with E-state index in [1.807, 2.05) is 0 Å². The van der Waals surface area contributed by atoms with Crippen LogP contribution in [0.25, 0.3) is 0 Å². The summed E-state index contributed by atoms with van der Waals surface area (Å²) in [4.78, 5) is 22.8. The number of amides is 1. The highest BCUT2D eigenvalue weighted by Gasteiger charge is 2.24. The van der Waals surface area contributed by atoms with Crippen molar-refractivity contribution in [1.82, 2.24) is 20.3 Å². The first-order valence-corrected chi connectivity index (χ1v) is 8.48. The first-order chi connectivity index (χ1) is 12.0. The van der Waals surface area contributed by atoms with Crippen LogP contribution in [0.5, 0.6) is 0 Å². The molecule has 3 rings (SSSR count). The summed E-state index contributed by atoms with van der Waals surface area (Å²) in [5, 5.41) is 21.5. The highest BCUT2D eigenvalue weighted by molar-refractivity contribution is 5.94. The zero-order valence-corrected chi connectivity index (χ0v) is 14.1. The molecule has 25 heavy (non-hydrogen) atoms. The third kappa shape index (κ3) is 4.04. The fourth-order valence-electron chi connectivity index (χ4n) is 3.13. The van der Waals surface area contributed by atoms with Gasteiger partial charge in [-0.3, -0.25) is 4.79 Å². The summed E-state index contributed by atoms with van der Waals surface area (Å²) >= 11 is 0. The zero-order valence-electron chi connectivity index (χ0n) is 14.1. The van der Waals surface area contributed by atoms with E-state index in [1.54, 1.807) is 6.92 Å². The number of hydrogen-bond acceptors (Lipinski definition) is 6. The SMILES string of the molecule is Cc1onc(C(=O)NC2CCCCCC2)c1Cn1ccc([N+](=O)[O-])n1. The van der Waals surface area contributed by atoms with Gasteiger partial charge in [-0.15, -0.1) is 0 Å². The third-order valence-corrected chi connectivity index (χ3v) is 4.52. The molecule has 0 radical (unpaired) electrons. The van der Waals surface area contributed by atoms with Crippen molar-refractivity contribution < 1.29 is 14.2 Å². The van der Waals surface area contributed by atoms with E-state index in [2.05, 4.69) is 15.6 Å². The summed E-state index contributed by atoms with van der Waals surface area (Å²) < 4.78 is 6.57. The molecule has 134 valence electrons. The molecule has 0 atom stereocenters. The lowest BCUT2D eigenvalue weighted by Crippen LogP contribution is -2.35. The van der Waals surface area contributed by atoms with Crippen molar-refractivity contribution in [1.29, 1.82) is 0 Å². The van der Waals surface area contributed by atoms with E-state index in [4.69, 9.17) is 4.52 Å². The number of aromatic nitrogens is 3. The van der Waals surface area contributed by atoms with E-state index in [9.17, 15) is 14.9 Å². The molecule has 1 saturated carbocycles. The smallest absolute Gasteiger partial charge is 0.361 e. The van der Waals surface area contributed by atoms with Gasteiger partial charge in [0.05, 0.1) is 29.5 Å². The predicted molar refractivity (Wildman–Crippen MR) is 88.2 cm³/mol. The van der Waals surface area contributed by atoms with Gasteiger partial charge in [0.1, 0.15) is 5.76 Å². The summed E-state index contributed by atoms with van der Waals surface area (Å²) in [7, 11) is 0. The van der Waals surface area contributed by atoms with Crippen LogP contribution in [0.2, 0.25) is 0 Å². The molecule has 1 N–H and O–H groups in total. The van der Waals surface area contributed by atoms with E-state index in [1.165, 1.54) is 29.8 Å². The maximum Gasteiger partial charge on any atom is 0.389 e. The van der Waals surface area contributed by atoms with Crippen LogP contribution in [0.1, 0.15) is 60.3 Å². The van der Waals surface area contributed by atoms with Crippen molar-refractivity contribution in [2.45, 2.75) is 58.0 Å². The standard InChI is InChI=1S/C16H21N5O4/c1-11-13(10-20-9-8-14(18-20)21(23)24)15(19-25-11)16(22)17-12-6-4-2-3-5-7-12/h8-9,12H,2-7,10H2,1H3,(H,17,22). The molecule has 2 heterocycles. The Morgan fingerprint density at radius 3 is 2.76 bits per heavy atom. The van der Waals surface area contributed by atoms with Crippen molar-refractivity contribution in [3.63, 3.8) is 0 Å². The van der Waals surface area contributed by atoms with Gasteiger partial charge in [-0.2, -0.15) is 4.68 Å². The Balaban J connectivity index is 1.73. The van der Waals surface area contributed by atoms with Crippen molar-refractivity contribution in [3.05, 3.63) is 39.4 Å². The van der Waals surface area contributed by atoms with Gasteiger partial charge >= 0.3 is 5.82 Å². The molecule has 0 bridgehead atoms. The lowest BCUT2D eigenvalue weighted by molar-refractivity contribution is -0.389. The quantitative estimate of drug-likeness (QED) is 0.505. The van der Waals surface area contributed by atoms with E-state index in [0.717, 1.165) is 25.7 Å². The molecule has 2 aromatic rings. The highest BCUT2D eigenvalue weighted by Crippen LogP contribution is 2.20. The van der Waals surface area contributed by atoms with Crippen LogP contribution in [-0.2, 0) is 6.54 Å². The van der Waals surface area contributed by atoms with Gasteiger partial charge in [0, 0.05) is 6.04 Å². The number of nitrogens with one attached hydrogen (secondary N) is 1. The summed E-state index contributed by atoms with van der Waals surface area (Å²) in [5.74, 6) is 0.00291. The summed E-state index contributed by atoms with van der Waals surface area (Å²) in [6.45, 7) is 1.90. The van der Waals surface area contributed by atoms with Gasteiger partial charge in [0.2, 0.25) is 0 Å². The number of carbonyl (C=O) groups excluding carboxylic acids is 1. The molecule has 9 nitrogen and oxygen atoms in total. The van der Waals surface area contributed by atoms with Gasteiger partial charge in [0.25, 0.3) is 5.91 Å². The second-order valence-electron chi connectivity index (χ2n) is 6.36. The molecule has 1 fully saturated rings. The van der Waals surface area contributed by atoms with Crippen LogP contribution >= 0.6 is 0 Å². The maximum absolute atomic E-state index is 12.6. The molecule has 9 heteroatoms. The first kappa shape index (κ1) is 17.1. The van der Waals surface area contributed by atoms with E-state index >= 15 is 0 Å². The number of aryl methyl sites for hydroxylation is 1. The summed E-state index contributed by atoms with van der Waals surface area (Å²) in [5.41, 5.74) is 0.809. The van der Waals surface area contributed by atoms with E-state index < -0.39 is 4.92 Å². The fraction of sp³-hybridized carbons (Fsp3) is 0.562. The second kappa shape index (κ2) is 7.45. The third-order valence-electron chi connectivity index (χ3n) is 4.52. The Morgan fingerprint density at radius 2 is 2.12 bits per heavy atom.